The fourth-order valence-corrected chi connectivity index (χ4v) is 1.53. The Morgan fingerprint density at radius 3 is 2.39 bits per heavy atom. The van der Waals surface area contributed by atoms with Crippen molar-refractivity contribution < 1.29 is 17.9 Å². The van der Waals surface area contributed by atoms with Crippen molar-refractivity contribution >= 4 is 5.69 Å². The smallest absolute Gasteiger partial charge is 0.167 e. The van der Waals surface area contributed by atoms with Gasteiger partial charge in [0.05, 0.1) is 0 Å². The molecule has 1 aromatic rings. The van der Waals surface area contributed by atoms with Crippen LogP contribution in [0.3, 0.4) is 0 Å². The van der Waals surface area contributed by atoms with Crippen LogP contribution >= 0.6 is 0 Å². The summed E-state index contributed by atoms with van der Waals surface area (Å²) in [7, 11) is 3.57. The lowest BCUT2D eigenvalue weighted by atomic mass is 10.1. The highest BCUT2D eigenvalue weighted by atomic mass is 19.1. The summed E-state index contributed by atoms with van der Waals surface area (Å²) < 4.78 is 43.6. The summed E-state index contributed by atoms with van der Waals surface area (Å²) in [5.74, 6) is -0.850. The molecule has 3 nitrogen and oxygen atoms in total. The summed E-state index contributed by atoms with van der Waals surface area (Å²) in [5.41, 5.74) is 6.24. The second kappa shape index (κ2) is 6.49. The van der Waals surface area contributed by atoms with E-state index in [0.29, 0.717) is 12.1 Å². The van der Waals surface area contributed by atoms with Gasteiger partial charge in [-0.15, -0.1) is 0 Å². The largest absolute Gasteiger partial charge is 0.482 e. The van der Waals surface area contributed by atoms with Crippen LogP contribution in [0.1, 0.15) is 5.56 Å². The van der Waals surface area contributed by atoms with Crippen LogP contribution in [-0.4, -0.2) is 38.4 Å². The molecule has 0 fully saturated rings. The Morgan fingerprint density at radius 1 is 1.28 bits per heavy atom. The molecule has 1 aromatic carbocycles. The number of nitrogen functional groups attached to an aromatic ring is 1. The standard InChI is InChI=1S/C12H17F3N2O/c1-17(2)7-8-3-9(16)4-11(15)12(8)18-10(5-13)6-14/h3-4,10H,5-7,16H2,1-2H3. The second-order valence-corrected chi connectivity index (χ2v) is 4.28. The van der Waals surface area contributed by atoms with Gasteiger partial charge in [-0.2, -0.15) is 0 Å². The Bertz CT molecular complexity index is 395. The van der Waals surface area contributed by atoms with Crippen molar-refractivity contribution in [2.24, 2.45) is 0 Å². The van der Waals surface area contributed by atoms with E-state index < -0.39 is 25.3 Å². The Morgan fingerprint density at radius 2 is 1.89 bits per heavy atom. The number of benzene rings is 1. The van der Waals surface area contributed by atoms with Gasteiger partial charge in [-0.25, -0.2) is 13.2 Å². The van der Waals surface area contributed by atoms with Crippen molar-refractivity contribution in [3.8, 4) is 5.75 Å². The summed E-state index contributed by atoms with van der Waals surface area (Å²) in [4.78, 5) is 1.78. The lowest BCUT2D eigenvalue weighted by molar-refractivity contribution is 0.126. The van der Waals surface area contributed by atoms with E-state index in [9.17, 15) is 13.2 Å². The molecule has 102 valence electrons. The molecular weight excluding hydrogens is 245 g/mol. The Hall–Kier alpha value is -1.43. The van der Waals surface area contributed by atoms with Crippen LogP contribution in [0.15, 0.2) is 12.1 Å². The van der Waals surface area contributed by atoms with Crippen LogP contribution in [0.25, 0.3) is 0 Å². The highest BCUT2D eigenvalue weighted by molar-refractivity contribution is 5.49. The Balaban J connectivity index is 3.06. The number of rotatable bonds is 6. The van der Waals surface area contributed by atoms with Crippen LogP contribution in [0.2, 0.25) is 0 Å². The average molecular weight is 262 g/mol. The summed E-state index contributed by atoms with van der Waals surface area (Å²) in [6.45, 7) is -1.66. The molecule has 0 amide bonds. The van der Waals surface area contributed by atoms with E-state index in [1.54, 1.807) is 19.0 Å². The molecule has 0 aliphatic rings. The third kappa shape index (κ3) is 3.80. The third-order valence-corrected chi connectivity index (χ3v) is 2.26. The number of ether oxygens (including phenoxy) is 1. The lowest BCUT2D eigenvalue weighted by Crippen LogP contribution is -2.23. The van der Waals surface area contributed by atoms with Crippen molar-refractivity contribution in [3.05, 3.63) is 23.5 Å². The molecule has 0 saturated carbocycles. The number of nitrogens with zero attached hydrogens (tertiary/aromatic N) is 1. The van der Waals surface area contributed by atoms with E-state index in [1.165, 1.54) is 6.07 Å². The molecule has 0 aliphatic carbocycles. The molecule has 0 atom stereocenters. The minimum Gasteiger partial charge on any atom is -0.482 e. The van der Waals surface area contributed by atoms with Gasteiger partial charge in [0.2, 0.25) is 0 Å². The first-order chi connectivity index (χ1) is 8.47. The van der Waals surface area contributed by atoms with Crippen molar-refractivity contribution in [1.29, 1.82) is 0 Å². The molecule has 6 heteroatoms. The summed E-state index contributed by atoms with van der Waals surface area (Å²) >= 11 is 0. The lowest BCUT2D eigenvalue weighted by Gasteiger charge is -2.19. The molecule has 1 rings (SSSR count). The number of anilines is 1. The molecular formula is C12H17F3N2O. The fourth-order valence-electron chi connectivity index (χ4n) is 1.53. The maximum Gasteiger partial charge on any atom is 0.167 e. The zero-order chi connectivity index (χ0) is 13.7. The number of hydrogen-bond donors (Lipinski definition) is 1. The van der Waals surface area contributed by atoms with Gasteiger partial charge in [0, 0.05) is 23.9 Å². The molecule has 18 heavy (non-hydrogen) atoms. The van der Waals surface area contributed by atoms with Crippen molar-refractivity contribution in [3.63, 3.8) is 0 Å². The average Bonchev–Trinajstić information content (AvgIpc) is 2.27. The van der Waals surface area contributed by atoms with Crippen LogP contribution in [-0.2, 0) is 6.54 Å². The Labute approximate surface area is 104 Å². The molecule has 0 radical (unpaired) electrons. The maximum absolute atomic E-state index is 13.7. The zero-order valence-corrected chi connectivity index (χ0v) is 10.4. The molecule has 0 spiro atoms. The summed E-state index contributed by atoms with van der Waals surface area (Å²) in [5, 5.41) is 0. The Kier molecular flexibility index (Phi) is 5.27. The van der Waals surface area contributed by atoms with Gasteiger partial charge >= 0.3 is 0 Å². The van der Waals surface area contributed by atoms with Crippen LogP contribution in [0, 0.1) is 5.82 Å². The first-order valence-corrected chi connectivity index (χ1v) is 5.49. The predicted octanol–water partition coefficient (Wildman–Crippen LogP) is 2.16. The van der Waals surface area contributed by atoms with Gasteiger partial charge in [-0.05, 0) is 20.2 Å². The number of hydrogen-bond acceptors (Lipinski definition) is 3. The van der Waals surface area contributed by atoms with E-state index in [4.69, 9.17) is 10.5 Å². The van der Waals surface area contributed by atoms with Gasteiger partial charge in [0.1, 0.15) is 13.3 Å². The number of nitrogens with two attached hydrogens (primary N) is 1. The molecule has 0 aromatic heterocycles. The second-order valence-electron chi connectivity index (χ2n) is 4.28. The topological polar surface area (TPSA) is 38.5 Å². The monoisotopic (exact) mass is 262 g/mol. The molecule has 0 saturated heterocycles. The van der Waals surface area contributed by atoms with E-state index in [2.05, 4.69) is 0 Å². The van der Waals surface area contributed by atoms with Crippen LogP contribution < -0.4 is 10.5 Å². The first kappa shape index (κ1) is 14.6. The number of alkyl halides is 2. The molecule has 0 unspecified atom stereocenters. The highest BCUT2D eigenvalue weighted by Gasteiger charge is 2.17. The highest BCUT2D eigenvalue weighted by Crippen LogP contribution is 2.28. The summed E-state index contributed by atoms with van der Waals surface area (Å²) in [6.07, 6.45) is -1.29. The minimum atomic E-state index is -1.29. The summed E-state index contributed by atoms with van der Waals surface area (Å²) in [6, 6.07) is 2.61. The van der Waals surface area contributed by atoms with E-state index >= 15 is 0 Å². The minimum absolute atomic E-state index is 0.141. The van der Waals surface area contributed by atoms with Gasteiger partial charge in [-0.3, -0.25) is 0 Å². The molecule has 0 heterocycles. The van der Waals surface area contributed by atoms with Gasteiger partial charge < -0.3 is 15.4 Å². The van der Waals surface area contributed by atoms with Crippen molar-refractivity contribution in [2.75, 3.05) is 33.2 Å². The predicted molar refractivity (Wildman–Crippen MR) is 64.6 cm³/mol. The van der Waals surface area contributed by atoms with Gasteiger partial charge in [0.15, 0.2) is 17.7 Å². The van der Waals surface area contributed by atoms with Crippen molar-refractivity contribution in [1.82, 2.24) is 4.90 Å². The quantitative estimate of drug-likeness (QED) is 0.798. The fraction of sp³-hybridized carbons (Fsp3) is 0.500. The van der Waals surface area contributed by atoms with Gasteiger partial charge in [-0.1, -0.05) is 0 Å². The van der Waals surface area contributed by atoms with E-state index in [-0.39, 0.29) is 11.4 Å². The van der Waals surface area contributed by atoms with E-state index in [0.717, 1.165) is 6.07 Å². The molecule has 0 bridgehead atoms. The third-order valence-electron chi connectivity index (χ3n) is 2.26. The van der Waals surface area contributed by atoms with Gasteiger partial charge in [0.25, 0.3) is 0 Å². The SMILES string of the molecule is CN(C)Cc1cc(N)cc(F)c1OC(CF)CF. The molecule has 0 aliphatic heterocycles. The normalized spacial score (nSPS) is 11.3. The first-order valence-electron chi connectivity index (χ1n) is 5.49. The van der Waals surface area contributed by atoms with Crippen LogP contribution in [0.4, 0.5) is 18.9 Å². The maximum atomic E-state index is 13.7. The van der Waals surface area contributed by atoms with Crippen molar-refractivity contribution in [2.45, 2.75) is 12.6 Å². The molecule has 2 N–H and O–H groups in total. The van der Waals surface area contributed by atoms with Crippen LogP contribution in [0.5, 0.6) is 5.75 Å². The number of halogens is 3. The van der Waals surface area contributed by atoms with E-state index in [1.807, 2.05) is 0 Å². The zero-order valence-electron chi connectivity index (χ0n) is 10.4.